The van der Waals surface area contributed by atoms with E-state index in [4.69, 9.17) is 4.74 Å². The minimum absolute atomic E-state index is 0.0792. The largest absolute Gasteiger partial charge is 0.491 e. The molecule has 7 nitrogen and oxygen atoms in total. The Hall–Kier alpha value is -3.19. The van der Waals surface area contributed by atoms with Crippen LogP contribution in [0.4, 0.5) is 0 Å². The summed E-state index contributed by atoms with van der Waals surface area (Å²) >= 11 is 0. The topological polar surface area (TPSA) is 82.2 Å². The standard InChI is InChI=1S/C19H18N4O3/c1-22-18-17(9-21-22)19(25)23(12-20-18)10-15(24)11-26-16-7-6-13-4-2-3-5-14(13)8-16/h2-9,12,15,24H,10-11H2,1H3/t15-/m0/s1. The van der Waals surface area contributed by atoms with Crippen LogP contribution >= 0.6 is 0 Å². The Bertz CT molecular complexity index is 1130. The molecule has 7 heteroatoms. The molecule has 0 saturated carbocycles. The summed E-state index contributed by atoms with van der Waals surface area (Å²) < 4.78 is 8.59. The van der Waals surface area contributed by atoms with E-state index >= 15 is 0 Å². The zero-order valence-electron chi connectivity index (χ0n) is 14.2. The van der Waals surface area contributed by atoms with Crippen LogP contribution in [0.1, 0.15) is 0 Å². The van der Waals surface area contributed by atoms with Crippen LogP contribution in [0.2, 0.25) is 0 Å². The Morgan fingerprint density at radius 3 is 2.85 bits per heavy atom. The molecule has 0 fully saturated rings. The summed E-state index contributed by atoms with van der Waals surface area (Å²) in [6, 6.07) is 13.8. The first kappa shape index (κ1) is 16.3. The average Bonchev–Trinajstić information content (AvgIpc) is 3.04. The highest BCUT2D eigenvalue weighted by Gasteiger charge is 2.12. The minimum Gasteiger partial charge on any atom is -0.491 e. The SMILES string of the molecule is Cn1ncc2c(=O)n(C[C@H](O)COc3ccc4ccccc4c3)cnc21. The van der Waals surface area contributed by atoms with Crippen molar-refractivity contribution < 1.29 is 9.84 Å². The Balaban J connectivity index is 1.45. The molecule has 2 aromatic carbocycles. The third-order valence-corrected chi connectivity index (χ3v) is 4.29. The van der Waals surface area contributed by atoms with E-state index in [1.165, 1.54) is 17.1 Å². The van der Waals surface area contributed by atoms with Crippen molar-refractivity contribution in [1.29, 1.82) is 0 Å². The second kappa shape index (κ2) is 6.61. The maximum absolute atomic E-state index is 12.4. The van der Waals surface area contributed by atoms with Gasteiger partial charge in [-0.2, -0.15) is 5.10 Å². The second-order valence-corrected chi connectivity index (χ2v) is 6.18. The lowest BCUT2D eigenvalue weighted by atomic mass is 10.1. The van der Waals surface area contributed by atoms with Crippen molar-refractivity contribution in [2.45, 2.75) is 12.6 Å². The van der Waals surface area contributed by atoms with Crippen LogP contribution in [-0.4, -0.2) is 37.1 Å². The van der Waals surface area contributed by atoms with Crippen molar-refractivity contribution >= 4 is 21.8 Å². The Morgan fingerprint density at radius 2 is 2.00 bits per heavy atom. The smallest absolute Gasteiger partial charge is 0.264 e. The van der Waals surface area contributed by atoms with Crippen LogP contribution in [0.15, 0.2) is 59.8 Å². The highest BCUT2D eigenvalue weighted by molar-refractivity contribution is 5.83. The summed E-state index contributed by atoms with van der Waals surface area (Å²) in [4.78, 5) is 16.6. The van der Waals surface area contributed by atoms with Gasteiger partial charge in [-0.05, 0) is 22.9 Å². The highest BCUT2D eigenvalue weighted by Crippen LogP contribution is 2.20. The van der Waals surface area contributed by atoms with Gasteiger partial charge in [-0.15, -0.1) is 0 Å². The van der Waals surface area contributed by atoms with Gasteiger partial charge in [0.1, 0.15) is 30.2 Å². The Labute approximate surface area is 149 Å². The molecular weight excluding hydrogens is 332 g/mol. The number of aryl methyl sites for hydroxylation is 1. The van der Waals surface area contributed by atoms with Gasteiger partial charge in [0, 0.05) is 7.05 Å². The van der Waals surface area contributed by atoms with Gasteiger partial charge >= 0.3 is 0 Å². The molecule has 0 spiro atoms. The van der Waals surface area contributed by atoms with E-state index in [9.17, 15) is 9.90 Å². The number of ether oxygens (including phenoxy) is 1. The molecule has 26 heavy (non-hydrogen) atoms. The summed E-state index contributed by atoms with van der Waals surface area (Å²) in [5, 5.41) is 16.9. The van der Waals surface area contributed by atoms with Crippen LogP contribution < -0.4 is 10.3 Å². The van der Waals surface area contributed by atoms with Crippen LogP contribution in [0.3, 0.4) is 0 Å². The second-order valence-electron chi connectivity index (χ2n) is 6.18. The molecule has 1 atom stereocenters. The van der Waals surface area contributed by atoms with Crippen LogP contribution in [0, 0.1) is 0 Å². The quantitative estimate of drug-likeness (QED) is 0.593. The third-order valence-electron chi connectivity index (χ3n) is 4.29. The van der Waals surface area contributed by atoms with Gasteiger partial charge in [-0.25, -0.2) is 4.98 Å². The molecule has 2 heterocycles. The number of hydrogen-bond acceptors (Lipinski definition) is 5. The summed E-state index contributed by atoms with van der Waals surface area (Å²) in [5.41, 5.74) is 0.293. The fourth-order valence-electron chi connectivity index (χ4n) is 2.93. The van der Waals surface area contributed by atoms with Crippen molar-refractivity contribution in [3.8, 4) is 5.75 Å². The molecule has 0 aliphatic carbocycles. The van der Waals surface area contributed by atoms with E-state index in [1.807, 2.05) is 42.5 Å². The number of rotatable bonds is 5. The fraction of sp³-hybridized carbons (Fsp3) is 0.211. The van der Waals surface area contributed by atoms with Crippen LogP contribution in [0.25, 0.3) is 21.8 Å². The summed E-state index contributed by atoms with van der Waals surface area (Å²) in [6.07, 6.45) is 2.07. The van der Waals surface area contributed by atoms with E-state index in [-0.39, 0.29) is 18.7 Å². The molecule has 0 radical (unpaired) electrons. The molecule has 0 bridgehead atoms. The zero-order valence-corrected chi connectivity index (χ0v) is 14.2. The molecule has 0 saturated heterocycles. The number of benzene rings is 2. The van der Waals surface area contributed by atoms with Gasteiger partial charge in [0.25, 0.3) is 5.56 Å². The lowest BCUT2D eigenvalue weighted by Crippen LogP contribution is -2.30. The monoisotopic (exact) mass is 350 g/mol. The number of aliphatic hydroxyl groups is 1. The molecule has 0 unspecified atom stereocenters. The van der Waals surface area contributed by atoms with E-state index in [1.54, 1.807) is 11.7 Å². The summed E-state index contributed by atoms with van der Waals surface area (Å²) in [7, 11) is 1.73. The first-order valence-electron chi connectivity index (χ1n) is 8.28. The molecule has 4 rings (SSSR count). The predicted molar refractivity (Wildman–Crippen MR) is 98.2 cm³/mol. The predicted octanol–water partition coefficient (Wildman–Crippen LogP) is 1.72. The van der Waals surface area contributed by atoms with Crippen molar-refractivity contribution in [3.05, 3.63) is 65.3 Å². The number of aliphatic hydroxyl groups excluding tert-OH is 1. The maximum Gasteiger partial charge on any atom is 0.264 e. The maximum atomic E-state index is 12.4. The van der Waals surface area contributed by atoms with Crippen LogP contribution in [0.5, 0.6) is 5.75 Å². The number of aromatic nitrogens is 4. The van der Waals surface area contributed by atoms with E-state index in [2.05, 4.69) is 10.1 Å². The van der Waals surface area contributed by atoms with Gasteiger partial charge in [0.05, 0.1) is 12.7 Å². The molecule has 4 aromatic rings. The van der Waals surface area contributed by atoms with Crippen molar-refractivity contribution in [2.75, 3.05) is 6.61 Å². The van der Waals surface area contributed by atoms with Gasteiger partial charge in [-0.3, -0.25) is 14.0 Å². The summed E-state index contributed by atoms with van der Waals surface area (Å²) in [6.45, 7) is 0.181. The minimum atomic E-state index is -0.838. The molecule has 0 aliphatic rings. The first-order valence-corrected chi connectivity index (χ1v) is 8.28. The molecule has 1 N–H and O–H groups in total. The Kier molecular flexibility index (Phi) is 4.14. The lowest BCUT2D eigenvalue weighted by Gasteiger charge is -2.14. The molecule has 0 aliphatic heterocycles. The molecule has 0 amide bonds. The fourth-order valence-corrected chi connectivity index (χ4v) is 2.93. The Morgan fingerprint density at radius 1 is 1.19 bits per heavy atom. The number of nitrogens with zero attached hydrogens (tertiary/aromatic N) is 4. The van der Waals surface area contributed by atoms with Gasteiger partial charge in [0.15, 0.2) is 5.65 Å². The zero-order chi connectivity index (χ0) is 18.1. The number of hydrogen-bond donors (Lipinski definition) is 1. The van der Waals surface area contributed by atoms with Crippen LogP contribution in [-0.2, 0) is 13.6 Å². The van der Waals surface area contributed by atoms with E-state index in [0.717, 1.165) is 10.8 Å². The highest BCUT2D eigenvalue weighted by atomic mass is 16.5. The van der Waals surface area contributed by atoms with Gasteiger partial charge in [-0.1, -0.05) is 30.3 Å². The van der Waals surface area contributed by atoms with Crippen molar-refractivity contribution in [1.82, 2.24) is 19.3 Å². The third kappa shape index (κ3) is 3.04. The molecule has 132 valence electrons. The molecule has 2 aromatic heterocycles. The van der Waals surface area contributed by atoms with E-state index < -0.39 is 6.10 Å². The summed E-state index contributed by atoms with van der Waals surface area (Å²) in [5.74, 6) is 0.677. The number of fused-ring (bicyclic) bond motifs is 2. The van der Waals surface area contributed by atoms with Crippen molar-refractivity contribution in [3.63, 3.8) is 0 Å². The molecular formula is C19H18N4O3. The first-order chi connectivity index (χ1) is 12.6. The van der Waals surface area contributed by atoms with Gasteiger partial charge in [0.2, 0.25) is 0 Å². The van der Waals surface area contributed by atoms with E-state index in [0.29, 0.717) is 16.8 Å². The van der Waals surface area contributed by atoms with Gasteiger partial charge < -0.3 is 9.84 Å². The normalized spacial score (nSPS) is 12.5. The average molecular weight is 350 g/mol. The lowest BCUT2D eigenvalue weighted by molar-refractivity contribution is 0.0915. The van der Waals surface area contributed by atoms with Crippen molar-refractivity contribution in [2.24, 2.45) is 7.05 Å².